The van der Waals surface area contributed by atoms with Crippen LogP contribution >= 0.6 is 9.24 Å². The topological polar surface area (TPSA) is 26.0 Å². The number of allylic oxidation sites excluding steroid dienone is 12. The third-order valence-corrected chi connectivity index (χ3v) is 8.13. The van der Waals surface area contributed by atoms with Crippen molar-refractivity contribution in [1.82, 2.24) is 0 Å². The Balaban J connectivity index is 0.00000116. The summed E-state index contributed by atoms with van der Waals surface area (Å²) in [5.74, 6) is 0. The second kappa shape index (κ2) is 16.5. The molecule has 5 aromatic carbocycles. The van der Waals surface area contributed by atoms with Crippen LogP contribution in [-0.2, 0) is 0 Å². The molecule has 0 bridgehead atoms. The summed E-state index contributed by atoms with van der Waals surface area (Å²) < 4.78 is 0. The first-order valence-electron chi connectivity index (χ1n) is 15.6. The lowest BCUT2D eigenvalue weighted by Gasteiger charge is -2.16. The van der Waals surface area contributed by atoms with Crippen molar-refractivity contribution in [2.45, 2.75) is 12.8 Å². The molecule has 46 heavy (non-hydrogen) atoms. The quantitative estimate of drug-likeness (QED) is 0.105. The van der Waals surface area contributed by atoms with Crippen LogP contribution in [0.4, 0.5) is 0 Å². The molecule has 1 atom stereocenters. The zero-order valence-electron chi connectivity index (χ0n) is 27.1. The molecule has 0 fully saturated rings. The lowest BCUT2D eigenvalue weighted by molar-refractivity contribution is 0.983. The molecule has 1 nitrogen and oxygen atoms in total. The maximum absolute atomic E-state index is 4.50. The Bertz CT molecular complexity index is 2010. The Morgan fingerprint density at radius 1 is 0.630 bits per heavy atom. The van der Waals surface area contributed by atoms with Crippen molar-refractivity contribution in [3.05, 3.63) is 188 Å². The lowest BCUT2D eigenvalue weighted by atomic mass is 9.89. The molecule has 0 saturated carbocycles. The van der Waals surface area contributed by atoms with E-state index in [4.69, 9.17) is 0 Å². The van der Waals surface area contributed by atoms with E-state index in [9.17, 15) is 0 Å². The van der Waals surface area contributed by atoms with Gasteiger partial charge < -0.3 is 5.73 Å². The van der Waals surface area contributed by atoms with Crippen molar-refractivity contribution in [1.29, 1.82) is 0 Å². The van der Waals surface area contributed by atoms with Gasteiger partial charge in [0.1, 0.15) is 0 Å². The molecular formula is C44H44NP. The number of hydrogen-bond donors (Lipinski definition) is 1. The Labute approximate surface area is 277 Å². The maximum Gasteiger partial charge on any atom is -0.00928 e. The van der Waals surface area contributed by atoms with Gasteiger partial charge >= 0.3 is 0 Å². The van der Waals surface area contributed by atoms with Crippen LogP contribution in [0.1, 0.15) is 18.4 Å². The van der Waals surface area contributed by atoms with Crippen molar-refractivity contribution in [2.24, 2.45) is 5.73 Å². The Morgan fingerprint density at radius 2 is 1.17 bits per heavy atom. The predicted molar refractivity (Wildman–Crippen MR) is 211 cm³/mol. The number of rotatable bonds is 8. The highest BCUT2D eigenvalue weighted by Crippen LogP contribution is 2.38. The molecule has 0 saturated heterocycles. The fourth-order valence-corrected chi connectivity index (χ4v) is 5.83. The van der Waals surface area contributed by atoms with Crippen molar-refractivity contribution < 1.29 is 0 Å². The summed E-state index contributed by atoms with van der Waals surface area (Å²) in [6.45, 7) is 18.2. The summed E-state index contributed by atoms with van der Waals surface area (Å²) in [5.41, 5.74) is 13.4. The zero-order valence-corrected chi connectivity index (χ0v) is 28.3. The van der Waals surface area contributed by atoms with Gasteiger partial charge in [0.2, 0.25) is 0 Å². The van der Waals surface area contributed by atoms with Gasteiger partial charge in [-0.2, -0.15) is 0 Å². The first-order valence-corrected chi connectivity index (χ1v) is 16.7. The van der Waals surface area contributed by atoms with Crippen LogP contribution in [0, 0.1) is 0 Å². The molecule has 2 N–H and O–H groups in total. The average Bonchev–Trinajstić information content (AvgIpc) is 3.14. The minimum absolute atomic E-state index is 0.865. The molecule has 1 aliphatic carbocycles. The van der Waals surface area contributed by atoms with Gasteiger partial charge in [-0.05, 0) is 109 Å². The molecule has 0 radical (unpaired) electrons. The summed E-state index contributed by atoms with van der Waals surface area (Å²) in [4.78, 5) is 0. The van der Waals surface area contributed by atoms with E-state index in [-0.39, 0.29) is 0 Å². The number of benzene rings is 5. The summed E-state index contributed by atoms with van der Waals surface area (Å²) in [6.07, 6.45) is 16.1. The monoisotopic (exact) mass is 617 g/mol. The van der Waals surface area contributed by atoms with E-state index in [2.05, 4.69) is 144 Å². The minimum atomic E-state index is 0.865. The molecule has 2 heteroatoms. The summed E-state index contributed by atoms with van der Waals surface area (Å²) in [6, 6.07) is 33.3. The molecule has 0 aromatic heterocycles. The SMILES string of the molecule is C=C/C=C\C(=C)C(=C)/C=C\C(=C)C1=CC(c2cccc(-c3ccc4c5ccccc5c5ccccc5c4c3)c2)=CCC1.CN.CP. The van der Waals surface area contributed by atoms with Crippen LogP contribution < -0.4 is 5.73 Å². The molecule has 0 heterocycles. The van der Waals surface area contributed by atoms with Gasteiger partial charge in [0.25, 0.3) is 0 Å². The van der Waals surface area contributed by atoms with E-state index in [1.807, 2.05) is 31.0 Å². The van der Waals surface area contributed by atoms with Gasteiger partial charge in [0.15, 0.2) is 0 Å². The fourth-order valence-electron chi connectivity index (χ4n) is 5.83. The van der Waals surface area contributed by atoms with Crippen LogP contribution in [0.25, 0.3) is 49.0 Å². The largest absolute Gasteiger partial charge is 0.333 e. The number of nitrogens with two attached hydrogens (primary N) is 1. The van der Waals surface area contributed by atoms with Crippen LogP contribution in [0.15, 0.2) is 182 Å². The average molecular weight is 618 g/mol. The van der Waals surface area contributed by atoms with Crippen molar-refractivity contribution in [3.63, 3.8) is 0 Å². The highest BCUT2D eigenvalue weighted by molar-refractivity contribution is 7.15. The van der Waals surface area contributed by atoms with Gasteiger partial charge in [-0.25, -0.2) is 0 Å². The van der Waals surface area contributed by atoms with Gasteiger partial charge in [-0.1, -0.05) is 154 Å². The molecule has 0 spiro atoms. The highest BCUT2D eigenvalue weighted by atomic mass is 31.0. The first kappa shape index (κ1) is 34.1. The van der Waals surface area contributed by atoms with E-state index in [1.54, 1.807) is 6.08 Å². The zero-order chi connectivity index (χ0) is 33.1. The summed E-state index contributed by atoms with van der Waals surface area (Å²) in [7, 11) is 3.92. The highest BCUT2D eigenvalue weighted by Gasteiger charge is 2.12. The van der Waals surface area contributed by atoms with E-state index in [1.165, 1.54) is 67.2 Å². The Hall–Kier alpha value is -4.81. The molecule has 230 valence electrons. The third-order valence-electron chi connectivity index (χ3n) is 8.13. The molecule has 5 aromatic rings. The number of hydrogen-bond acceptors (Lipinski definition) is 1. The van der Waals surface area contributed by atoms with Gasteiger partial charge in [-0.15, -0.1) is 9.24 Å². The summed E-state index contributed by atoms with van der Waals surface area (Å²) >= 11 is 0. The second-order valence-electron chi connectivity index (χ2n) is 10.8. The maximum atomic E-state index is 4.50. The van der Waals surface area contributed by atoms with E-state index in [0.29, 0.717) is 0 Å². The smallest absolute Gasteiger partial charge is 0.00928 e. The molecular weight excluding hydrogens is 573 g/mol. The molecule has 1 aliphatic rings. The predicted octanol–water partition coefficient (Wildman–Crippen LogP) is 11.9. The van der Waals surface area contributed by atoms with Crippen molar-refractivity contribution in [2.75, 3.05) is 13.7 Å². The minimum Gasteiger partial charge on any atom is -0.333 e. The van der Waals surface area contributed by atoms with Gasteiger partial charge in [-0.3, -0.25) is 0 Å². The number of fused-ring (bicyclic) bond motifs is 6. The molecule has 0 amide bonds. The second-order valence-corrected chi connectivity index (χ2v) is 10.8. The van der Waals surface area contributed by atoms with Crippen LogP contribution in [-0.4, -0.2) is 13.7 Å². The van der Waals surface area contributed by atoms with E-state index in [0.717, 1.165) is 29.6 Å². The Kier molecular flexibility index (Phi) is 12.2. The first-order chi connectivity index (χ1) is 22.5. The standard InChI is InChI=1S/C42H34.CH5N.CH5P/c1-5-6-13-29(2)30(3)22-23-31(4)32-14-11-15-33(26-32)34-16-12-17-35(27-34)36-24-25-41-39-20-8-7-18-37(39)38-19-9-10-21-40(38)42(41)28-36;2*1-2/h5-10,12-13,15-28H,1-4,11,14H2;2*2H2,1H3/b13-6-,23-22-;;. The van der Waals surface area contributed by atoms with Crippen molar-refractivity contribution >= 4 is 47.1 Å². The molecule has 6 rings (SSSR count). The summed E-state index contributed by atoms with van der Waals surface area (Å²) in [5, 5.41) is 7.78. The van der Waals surface area contributed by atoms with Crippen LogP contribution in [0.2, 0.25) is 0 Å². The van der Waals surface area contributed by atoms with Gasteiger partial charge in [0, 0.05) is 0 Å². The fraction of sp³-hybridized carbons (Fsp3) is 0.0909. The van der Waals surface area contributed by atoms with Crippen molar-refractivity contribution in [3.8, 4) is 11.1 Å². The van der Waals surface area contributed by atoms with Gasteiger partial charge in [0.05, 0.1) is 0 Å². The molecule has 1 unspecified atom stereocenters. The molecule has 0 aliphatic heterocycles. The third kappa shape index (κ3) is 7.52. The van der Waals surface area contributed by atoms with E-state index >= 15 is 0 Å². The lowest BCUT2D eigenvalue weighted by Crippen LogP contribution is -1.95. The Morgan fingerprint density at radius 3 is 1.80 bits per heavy atom. The van der Waals surface area contributed by atoms with Crippen LogP contribution in [0.5, 0.6) is 0 Å². The normalized spacial score (nSPS) is 12.6. The van der Waals surface area contributed by atoms with E-state index < -0.39 is 0 Å². The van der Waals surface area contributed by atoms with Crippen LogP contribution in [0.3, 0.4) is 0 Å².